The van der Waals surface area contributed by atoms with Crippen molar-refractivity contribution in [3.8, 4) is 6.07 Å². The third-order valence-electron chi connectivity index (χ3n) is 2.78. The molecular weight excluding hydrogens is 320 g/mol. The van der Waals surface area contributed by atoms with E-state index in [0.29, 0.717) is 22.6 Å². The molecule has 0 saturated carbocycles. The maximum absolute atomic E-state index is 11.6. The number of benzene rings is 1. The number of oxime groups is 1. The first kappa shape index (κ1) is 16.3. The first-order chi connectivity index (χ1) is 10.6. The highest BCUT2D eigenvalue weighted by Crippen LogP contribution is 2.30. The van der Waals surface area contributed by atoms with Crippen LogP contribution in [0.5, 0.6) is 0 Å². The number of rotatable bonds is 5. The van der Waals surface area contributed by atoms with Crippen LogP contribution in [0.3, 0.4) is 0 Å². The Morgan fingerprint density at radius 2 is 2.09 bits per heavy atom. The molecule has 5 nitrogen and oxygen atoms in total. The zero-order chi connectivity index (χ0) is 16.0. The van der Waals surface area contributed by atoms with E-state index in [1.54, 1.807) is 18.4 Å². The summed E-state index contributed by atoms with van der Waals surface area (Å²) in [5, 5.41) is 15.2. The summed E-state index contributed by atoms with van der Waals surface area (Å²) < 4.78 is 27.8. The second kappa shape index (κ2) is 7.29. The summed E-state index contributed by atoms with van der Waals surface area (Å²) in [6.07, 6.45) is 2.18. The fraction of sp³-hybridized carbons (Fsp3) is 0.200. The van der Waals surface area contributed by atoms with Crippen LogP contribution in [0, 0.1) is 11.3 Å². The Morgan fingerprint density at radius 3 is 2.73 bits per heavy atom. The van der Waals surface area contributed by atoms with Gasteiger partial charge in [0.2, 0.25) is 0 Å². The summed E-state index contributed by atoms with van der Waals surface area (Å²) in [7, 11) is -3.67. The minimum atomic E-state index is -3.67. The predicted molar refractivity (Wildman–Crippen MR) is 88.3 cm³/mol. The Balaban J connectivity index is 2.35. The standard InChI is InChI=1S/C15H14N2O3S2/c1-2-10-22(18,19)20-17-15-13(8-9-21-15)14(11-16)12-6-4-3-5-7-12/h3-9H,2,10H2,1H3/b14-13+,17-15-. The lowest BCUT2D eigenvalue weighted by Crippen LogP contribution is -2.08. The van der Waals surface area contributed by atoms with Gasteiger partial charge < -0.3 is 0 Å². The van der Waals surface area contributed by atoms with Gasteiger partial charge in [0.1, 0.15) is 11.1 Å². The van der Waals surface area contributed by atoms with Gasteiger partial charge >= 0.3 is 10.1 Å². The van der Waals surface area contributed by atoms with Crippen molar-refractivity contribution in [3.05, 3.63) is 53.0 Å². The average Bonchev–Trinajstić information content (AvgIpc) is 2.96. The van der Waals surface area contributed by atoms with Crippen LogP contribution in [-0.2, 0) is 14.4 Å². The molecule has 1 aromatic carbocycles. The van der Waals surface area contributed by atoms with Crippen molar-refractivity contribution in [2.45, 2.75) is 13.3 Å². The second-order valence-electron chi connectivity index (χ2n) is 4.42. The fourth-order valence-corrected chi connectivity index (χ4v) is 3.35. The van der Waals surface area contributed by atoms with Gasteiger partial charge in [-0.1, -0.05) is 54.2 Å². The van der Waals surface area contributed by atoms with Crippen LogP contribution in [0.25, 0.3) is 5.57 Å². The zero-order valence-electron chi connectivity index (χ0n) is 11.9. The van der Waals surface area contributed by atoms with E-state index in [-0.39, 0.29) is 5.75 Å². The molecule has 7 heteroatoms. The number of nitriles is 1. The van der Waals surface area contributed by atoms with Crippen LogP contribution in [0.2, 0.25) is 0 Å². The molecule has 1 heterocycles. The Kier molecular flexibility index (Phi) is 5.41. The first-order valence-corrected chi connectivity index (χ1v) is 9.06. The summed E-state index contributed by atoms with van der Waals surface area (Å²) in [6.45, 7) is 1.74. The molecule has 0 aliphatic carbocycles. The van der Waals surface area contributed by atoms with Gasteiger partial charge in [0.05, 0.1) is 11.3 Å². The number of allylic oxidation sites excluding steroid dienone is 2. The van der Waals surface area contributed by atoms with Crippen molar-refractivity contribution in [1.82, 2.24) is 0 Å². The molecule has 2 rings (SSSR count). The predicted octanol–water partition coefficient (Wildman–Crippen LogP) is 3.29. The molecule has 0 fully saturated rings. The van der Waals surface area contributed by atoms with Crippen LogP contribution >= 0.6 is 11.8 Å². The van der Waals surface area contributed by atoms with Gasteiger partial charge in [0.25, 0.3) is 0 Å². The van der Waals surface area contributed by atoms with E-state index >= 15 is 0 Å². The average molecular weight is 334 g/mol. The normalized spacial score (nSPS) is 18.3. The smallest absolute Gasteiger partial charge is 0.267 e. The molecular formula is C15H14N2O3S2. The Morgan fingerprint density at radius 1 is 1.36 bits per heavy atom. The van der Waals surface area contributed by atoms with E-state index in [0.717, 1.165) is 5.56 Å². The third-order valence-corrected chi connectivity index (χ3v) is 4.78. The first-order valence-electron chi connectivity index (χ1n) is 6.60. The molecule has 1 aromatic rings. The van der Waals surface area contributed by atoms with Crippen molar-refractivity contribution in [1.29, 1.82) is 5.26 Å². The highest BCUT2D eigenvalue weighted by Gasteiger charge is 2.19. The van der Waals surface area contributed by atoms with Crippen LogP contribution in [0.4, 0.5) is 0 Å². The fourth-order valence-electron chi connectivity index (χ4n) is 1.83. The van der Waals surface area contributed by atoms with Crippen molar-refractivity contribution < 1.29 is 12.7 Å². The number of hydrogen-bond acceptors (Lipinski definition) is 6. The summed E-state index contributed by atoms with van der Waals surface area (Å²) in [6, 6.07) is 11.3. The summed E-state index contributed by atoms with van der Waals surface area (Å²) >= 11 is 1.22. The van der Waals surface area contributed by atoms with E-state index in [1.165, 1.54) is 11.8 Å². The minimum absolute atomic E-state index is 0.0925. The topological polar surface area (TPSA) is 79.5 Å². The quantitative estimate of drug-likeness (QED) is 0.610. The van der Waals surface area contributed by atoms with Crippen molar-refractivity contribution in [2.24, 2.45) is 5.16 Å². The molecule has 0 aromatic heterocycles. The van der Waals surface area contributed by atoms with Gasteiger partial charge in [-0.05, 0) is 23.5 Å². The molecule has 0 N–H and O–H groups in total. The third kappa shape index (κ3) is 4.00. The molecule has 0 unspecified atom stereocenters. The van der Waals surface area contributed by atoms with Crippen LogP contribution in [0.15, 0.2) is 52.5 Å². The van der Waals surface area contributed by atoms with E-state index in [4.69, 9.17) is 0 Å². The number of hydrogen-bond donors (Lipinski definition) is 0. The van der Waals surface area contributed by atoms with Crippen molar-refractivity contribution in [3.63, 3.8) is 0 Å². The Bertz CT molecular complexity index is 773. The van der Waals surface area contributed by atoms with Gasteiger partial charge in [-0.3, -0.25) is 4.28 Å². The zero-order valence-corrected chi connectivity index (χ0v) is 13.5. The maximum Gasteiger partial charge on any atom is 0.328 e. The Hall–Kier alpha value is -2.04. The molecule has 0 amide bonds. The highest BCUT2D eigenvalue weighted by atomic mass is 32.2. The molecule has 1 aliphatic rings. The minimum Gasteiger partial charge on any atom is -0.267 e. The number of thioether (sulfide) groups is 1. The molecule has 114 valence electrons. The molecule has 0 atom stereocenters. The molecule has 1 aliphatic heterocycles. The summed E-state index contributed by atoms with van der Waals surface area (Å²) in [5.41, 5.74) is 1.73. The SMILES string of the molecule is CCCS(=O)(=O)O/N=C1\SC=C\C1=C(\C#N)c1ccccc1. The van der Waals surface area contributed by atoms with Crippen molar-refractivity contribution >= 4 is 32.5 Å². The van der Waals surface area contributed by atoms with Gasteiger partial charge in [-0.2, -0.15) is 13.7 Å². The summed E-state index contributed by atoms with van der Waals surface area (Å²) in [4.78, 5) is 0. The van der Waals surface area contributed by atoms with Gasteiger partial charge in [0.15, 0.2) is 0 Å². The van der Waals surface area contributed by atoms with E-state index < -0.39 is 10.1 Å². The van der Waals surface area contributed by atoms with E-state index in [2.05, 4.69) is 15.5 Å². The van der Waals surface area contributed by atoms with Crippen LogP contribution in [-0.4, -0.2) is 19.2 Å². The monoisotopic (exact) mass is 334 g/mol. The molecule has 0 radical (unpaired) electrons. The molecule has 0 spiro atoms. The lowest BCUT2D eigenvalue weighted by Gasteiger charge is -2.05. The lowest BCUT2D eigenvalue weighted by molar-refractivity contribution is 0.340. The van der Waals surface area contributed by atoms with Crippen molar-refractivity contribution in [2.75, 3.05) is 5.75 Å². The molecule has 22 heavy (non-hydrogen) atoms. The summed E-state index contributed by atoms with van der Waals surface area (Å²) in [5.74, 6) is -0.0925. The maximum atomic E-state index is 11.6. The molecule has 0 bridgehead atoms. The highest BCUT2D eigenvalue weighted by molar-refractivity contribution is 8.17. The van der Waals surface area contributed by atoms with E-state index in [9.17, 15) is 13.7 Å². The number of nitrogens with zero attached hydrogens (tertiary/aromatic N) is 2. The van der Waals surface area contributed by atoms with Gasteiger partial charge in [-0.25, -0.2) is 0 Å². The second-order valence-corrected chi connectivity index (χ2v) is 6.99. The van der Waals surface area contributed by atoms with Gasteiger partial charge in [-0.15, -0.1) is 0 Å². The lowest BCUT2D eigenvalue weighted by atomic mass is 10.0. The van der Waals surface area contributed by atoms with E-state index in [1.807, 2.05) is 30.3 Å². The van der Waals surface area contributed by atoms with Gasteiger partial charge in [0, 0.05) is 5.57 Å². The van der Waals surface area contributed by atoms with Crippen LogP contribution in [0.1, 0.15) is 18.9 Å². The largest absolute Gasteiger partial charge is 0.328 e. The Labute approximate surface area is 134 Å². The molecule has 0 saturated heterocycles. The van der Waals surface area contributed by atoms with Crippen LogP contribution < -0.4 is 0 Å².